The quantitative estimate of drug-likeness (QED) is 0.805. The van der Waals surface area contributed by atoms with Crippen molar-refractivity contribution >= 4 is 12.0 Å². The zero-order valence-electron chi connectivity index (χ0n) is 13.0. The number of carbonyl (C=O) groups is 1. The number of rotatable bonds is 4. The molecule has 1 fully saturated rings. The Morgan fingerprint density at radius 2 is 1.88 bits per heavy atom. The highest BCUT2D eigenvalue weighted by Gasteiger charge is 2.28. The third kappa shape index (κ3) is 4.06. The van der Waals surface area contributed by atoms with Crippen LogP contribution in [0.3, 0.4) is 0 Å². The first kappa shape index (κ1) is 16.3. The van der Waals surface area contributed by atoms with E-state index in [0.29, 0.717) is 18.6 Å². The van der Waals surface area contributed by atoms with Crippen molar-refractivity contribution in [3.63, 3.8) is 0 Å². The zero-order chi connectivity index (χ0) is 16.9. The number of carbonyl (C=O) groups excluding carboxylic acids is 1. The van der Waals surface area contributed by atoms with Crippen molar-refractivity contribution in [2.24, 2.45) is 0 Å². The third-order valence-corrected chi connectivity index (χ3v) is 3.88. The van der Waals surface area contributed by atoms with E-state index in [4.69, 9.17) is 4.74 Å². The number of ether oxygens (including phenoxy) is 1. The Labute approximate surface area is 139 Å². The van der Waals surface area contributed by atoms with Gasteiger partial charge in [0.25, 0.3) is 0 Å². The molecular weight excluding hydrogens is 312 g/mol. The molecule has 0 aromatic heterocycles. The molecule has 1 unspecified atom stereocenters. The van der Waals surface area contributed by atoms with Crippen LogP contribution in [0.15, 0.2) is 54.6 Å². The molecule has 1 saturated heterocycles. The summed E-state index contributed by atoms with van der Waals surface area (Å²) in [5, 5.41) is 0. The minimum Gasteiger partial charge on any atom is -0.359 e. The van der Waals surface area contributed by atoms with Crippen molar-refractivity contribution in [2.45, 2.75) is 12.5 Å². The molecule has 1 aliphatic heterocycles. The maximum atomic E-state index is 13.2. The van der Waals surface area contributed by atoms with Crippen LogP contribution in [-0.4, -0.2) is 30.2 Å². The lowest BCUT2D eigenvalue weighted by Crippen LogP contribution is -2.36. The molecule has 1 heterocycles. The molecule has 24 heavy (non-hydrogen) atoms. The molecule has 1 aliphatic rings. The normalized spacial score (nSPS) is 17.6. The van der Waals surface area contributed by atoms with E-state index in [1.807, 2.05) is 30.3 Å². The fourth-order valence-corrected chi connectivity index (χ4v) is 2.72. The first-order chi connectivity index (χ1) is 11.6. The Balaban J connectivity index is 1.68. The first-order valence-electron chi connectivity index (χ1n) is 7.68. The van der Waals surface area contributed by atoms with Crippen molar-refractivity contribution in [2.75, 3.05) is 13.3 Å². The second-order valence-electron chi connectivity index (χ2n) is 5.69. The standard InChI is InChI=1S/C19H17F2NO2/c20-16-8-15(9-17(21)11-16)6-7-19(23)22-13-24-12-18(22)10-14-4-2-1-3-5-14/h1-9,11,18H,10,12-13H2. The number of halogens is 2. The van der Waals surface area contributed by atoms with Crippen LogP contribution in [0, 0.1) is 11.6 Å². The van der Waals surface area contributed by atoms with E-state index in [-0.39, 0.29) is 18.7 Å². The lowest BCUT2D eigenvalue weighted by Gasteiger charge is -2.21. The number of hydrogen-bond donors (Lipinski definition) is 0. The van der Waals surface area contributed by atoms with Crippen LogP contribution >= 0.6 is 0 Å². The molecule has 124 valence electrons. The van der Waals surface area contributed by atoms with Gasteiger partial charge in [0.15, 0.2) is 0 Å². The zero-order valence-corrected chi connectivity index (χ0v) is 13.0. The summed E-state index contributed by atoms with van der Waals surface area (Å²) in [6.07, 6.45) is 3.43. The average Bonchev–Trinajstić information content (AvgIpc) is 3.01. The summed E-state index contributed by atoms with van der Waals surface area (Å²) in [6.45, 7) is 0.696. The van der Waals surface area contributed by atoms with Gasteiger partial charge < -0.3 is 9.64 Å². The molecule has 0 bridgehead atoms. The van der Waals surface area contributed by atoms with Crippen LogP contribution < -0.4 is 0 Å². The van der Waals surface area contributed by atoms with Crippen molar-refractivity contribution in [3.05, 3.63) is 77.4 Å². The van der Waals surface area contributed by atoms with Gasteiger partial charge >= 0.3 is 0 Å². The Morgan fingerprint density at radius 3 is 2.58 bits per heavy atom. The monoisotopic (exact) mass is 329 g/mol. The third-order valence-electron chi connectivity index (χ3n) is 3.88. The molecule has 1 atom stereocenters. The fourth-order valence-electron chi connectivity index (χ4n) is 2.72. The van der Waals surface area contributed by atoms with E-state index in [0.717, 1.165) is 11.6 Å². The summed E-state index contributed by atoms with van der Waals surface area (Å²) in [5.74, 6) is -1.58. The molecule has 0 radical (unpaired) electrons. The van der Waals surface area contributed by atoms with Crippen LogP contribution in [0.2, 0.25) is 0 Å². The summed E-state index contributed by atoms with van der Waals surface area (Å²) in [6, 6.07) is 13.0. The van der Waals surface area contributed by atoms with Crippen LogP contribution in [0.5, 0.6) is 0 Å². The van der Waals surface area contributed by atoms with Crippen LogP contribution in [-0.2, 0) is 16.0 Å². The van der Waals surface area contributed by atoms with Crippen molar-refractivity contribution in [3.8, 4) is 0 Å². The van der Waals surface area contributed by atoms with Crippen molar-refractivity contribution in [1.82, 2.24) is 4.90 Å². The maximum Gasteiger partial charge on any atom is 0.248 e. The van der Waals surface area contributed by atoms with Gasteiger partial charge in [0, 0.05) is 12.1 Å². The smallest absolute Gasteiger partial charge is 0.248 e. The van der Waals surface area contributed by atoms with E-state index < -0.39 is 11.6 Å². The molecule has 3 rings (SSSR count). The van der Waals surface area contributed by atoms with Gasteiger partial charge in [-0.05, 0) is 35.8 Å². The van der Waals surface area contributed by atoms with E-state index in [1.165, 1.54) is 24.3 Å². The summed E-state index contributed by atoms with van der Waals surface area (Å²) in [4.78, 5) is 14.0. The van der Waals surface area contributed by atoms with Crippen LogP contribution in [0.4, 0.5) is 8.78 Å². The molecule has 2 aromatic rings. The fraction of sp³-hybridized carbons (Fsp3) is 0.211. The summed E-state index contributed by atoms with van der Waals surface area (Å²) >= 11 is 0. The Morgan fingerprint density at radius 1 is 1.17 bits per heavy atom. The molecule has 5 heteroatoms. The number of hydrogen-bond acceptors (Lipinski definition) is 2. The summed E-state index contributed by atoms with van der Waals surface area (Å²) in [5.41, 5.74) is 1.43. The molecule has 2 aromatic carbocycles. The Kier molecular flexibility index (Phi) is 5.01. The molecule has 0 spiro atoms. The largest absolute Gasteiger partial charge is 0.359 e. The molecular formula is C19H17F2NO2. The lowest BCUT2D eigenvalue weighted by atomic mass is 10.1. The van der Waals surface area contributed by atoms with Gasteiger partial charge in [0.1, 0.15) is 18.4 Å². The second kappa shape index (κ2) is 7.36. The molecule has 0 saturated carbocycles. The summed E-state index contributed by atoms with van der Waals surface area (Å²) < 4.78 is 31.7. The van der Waals surface area contributed by atoms with Crippen LogP contribution in [0.25, 0.3) is 6.08 Å². The topological polar surface area (TPSA) is 29.5 Å². The SMILES string of the molecule is O=C(C=Cc1cc(F)cc(F)c1)N1COCC1Cc1ccccc1. The Hall–Kier alpha value is -2.53. The van der Waals surface area contributed by atoms with Gasteiger partial charge in [-0.15, -0.1) is 0 Å². The number of nitrogens with zero attached hydrogens (tertiary/aromatic N) is 1. The predicted molar refractivity (Wildman–Crippen MR) is 87.0 cm³/mol. The van der Waals surface area contributed by atoms with Crippen LogP contribution in [0.1, 0.15) is 11.1 Å². The number of benzene rings is 2. The van der Waals surface area contributed by atoms with E-state index >= 15 is 0 Å². The number of amides is 1. The second-order valence-corrected chi connectivity index (χ2v) is 5.69. The van der Waals surface area contributed by atoms with Crippen molar-refractivity contribution < 1.29 is 18.3 Å². The predicted octanol–water partition coefficient (Wildman–Crippen LogP) is 3.41. The minimum absolute atomic E-state index is 0.0474. The molecule has 0 aliphatic carbocycles. The average molecular weight is 329 g/mol. The van der Waals surface area contributed by atoms with Gasteiger partial charge in [0.05, 0.1) is 12.6 Å². The van der Waals surface area contributed by atoms with Gasteiger partial charge in [-0.3, -0.25) is 4.79 Å². The van der Waals surface area contributed by atoms with Gasteiger partial charge in [-0.25, -0.2) is 8.78 Å². The molecule has 1 amide bonds. The Bertz CT molecular complexity index is 726. The molecule has 0 N–H and O–H groups in total. The maximum absolute atomic E-state index is 13.2. The van der Waals surface area contributed by atoms with Gasteiger partial charge in [0.2, 0.25) is 5.91 Å². The van der Waals surface area contributed by atoms with Gasteiger partial charge in [-0.2, -0.15) is 0 Å². The minimum atomic E-state index is -0.673. The highest BCUT2D eigenvalue weighted by molar-refractivity contribution is 5.92. The molecule has 3 nitrogen and oxygen atoms in total. The first-order valence-corrected chi connectivity index (χ1v) is 7.68. The van der Waals surface area contributed by atoms with E-state index in [9.17, 15) is 13.6 Å². The van der Waals surface area contributed by atoms with Gasteiger partial charge in [-0.1, -0.05) is 30.3 Å². The van der Waals surface area contributed by atoms with Crippen molar-refractivity contribution in [1.29, 1.82) is 0 Å². The van der Waals surface area contributed by atoms with E-state index in [1.54, 1.807) is 4.90 Å². The highest BCUT2D eigenvalue weighted by atomic mass is 19.1. The highest BCUT2D eigenvalue weighted by Crippen LogP contribution is 2.16. The van der Waals surface area contributed by atoms with E-state index in [2.05, 4.69) is 0 Å². The summed E-state index contributed by atoms with van der Waals surface area (Å²) in [7, 11) is 0. The lowest BCUT2D eigenvalue weighted by molar-refractivity contribution is -0.127.